The van der Waals surface area contributed by atoms with E-state index in [0.717, 1.165) is 37.7 Å². The second kappa shape index (κ2) is 11.0. The smallest absolute Gasteiger partial charge is 0.303 e. The lowest BCUT2D eigenvalue weighted by molar-refractivity contribution is -0.137. The third-order valence-corrected chi connectivity index (χ3v) is 8.12. The molecule has 1 saturated heterocycles. The summed E-state index contributed by atoms with van der Waals surface area (Å²) in [5, 5.41) is 19.6. The maximum absolute atomic E-state index is 13.6. The Balaban J connectivity index is 1.50. The largest absolute Gasteiger partial charge is 0.481 e. The zero-order chi connectivity index (χ0) is 23.3. The summed E-state index contributed by atoms with van der Waals surface area (Å²) in [7, 11) is 0. The van der Waals surface area contributed by atoms with Crippen molar-refractivity contribution in [3.05, 3.63) is 60.0 Å². The number of carbonyl (C=O) groups is 1. The fourth-order valence-electron chi connectivity index (χ4n) is 6.31. The monoisotopic (exact) mass is 456 g/mol. The minimum absolute atomic E-state index is 0.107. The number of allylic oxidation sites excluding steroid dienone is 2. The van der Waals surface area contributed by atoms with Gasteiger partial charge in [-0.15, -0.1) is 0 Å². The minimum atomic E-state index is -0.759. The van der Waals surface area contributed by atoms with E-state index in [0.29, 0.717) is 24.9 Å². The van der Waals surface area contributed by atoms with Crippen molar-refractivity contribution in [2.45, 2.75) is 81.8 Å². The zero-order valence-electron chi connectivity index (χ0n) is 19.4. The first-order valence-corrected chi connectivity index (χ1v) is 12.6. The number of carboxylic acid groups (broad SMARTS) is 1. The van der Waals surface area contributed by atoms with Crippen LogP contribution in [0.25, 0.3) is 0 Å². The number of ether oxygens (including phenoxy) is 1. The van der Waals surface area contributed by atoms with Crippen LogP contribution in [0.5, 0.6) is 0 Å². The van der Waals surface area contributed by atoms with Gasteiger partial charge in [0.2, 0.25) is 0 Å². The predicted molar refractivity (Wildman–Crippen MR) is 126 cm³/mol. The number of benzene rings is 1. The van der Waals surface area contributed by atoms with Gasteiger partial charge >= 0.3 is 5.97 Å². The predicted octanol–water partition coefficient (Wildman–Crippen LogP) is 5.80. The van der Waals surface area contributed by atoms with Crippen LogP contribution in [0.1, 0.15) is 69.8 Å². The summed E-state index contributed by atoms with van der Waals surface area (Å²) in [6, 6.07) is 6.86. The van der Waals surface area contributed by atoms with Gasteiger partial charge < -0.3 is 14.9 Å². The zero-order valence-corrected chi connectivity index (χ0v) is 19.4. The Bertz CT molecular complexity index is 842. The molecule has 33 heavy (non-hydrogen) atoms. The fourth-order valence-corrected chi connectivity index (χ4v) is 6.31. The van der Waals surface area contributed by atoms with Gasteiger partial charge in [-0.25, -0.2) is 4.39 Å². The molecule has 1 aromatic carbocycles. The van der Waals surface area contributed by atoms with Gasteiger partial charge in [-0.1, -0.05) is 55.7 Å². The molecule has 2 aliphatic carbocycles. The van der Waals surface area contributed by atoms with E-state index >= 15 is 0 Å². The second-order valence-electron chi connectivity index (χ2n) is 10.2. The van der Waals surface area contributed by atoms with Crippen LogP contribution in [0.15, 0.2) is 48.6 Å². The Morgan fingerprint density at radius 2 is 1.94 bits per heavy atom. The molecule has 4 rings (SSSR count). The lowest BCUT2D eigenvalue weighted by Crippen LogP contribution is -2.39. The number of aliphatic carboxylic acids is 1. The first-order chi connectivity index (χ1) is 16.0. The van der Waals surface area contributed by atoms with Gasteiger partial charge in [0.05, 0.1) is 18.8 Å². The summed E-state index contributed by atoms with van der Waals surface area (Å²) in [6.45, 7) is 0.635. The molecule has 2 bridgehead atoms. The molecule has 3 fully saturated rings. The molecular formula is C28H37FO4. The molecule has 2 N–H and O–H groups in total. The van der Waals surface area contributed by atoms with E-state index in [9.17, 15) is 14.3 Å². The molecule has 0 radical (unpaired) electrons. The van der Waals surface area contributed by atoms with Gasteiger partial charge in [-0.05, 0) is 68.1 Å². The van der Waals surface area contributed by atoms with Crippen LogP contribution in [0, 0.1) is 23.6 Å². The van der Waals surface area contributed by atoms with Gasteiger partial charge in [0, 0.05) is 17.8 Å². The molecule has 0 amide bonds. The van der Waals surface area contributed by atoms with Crippen molar-refractivity contribution in [1.82, 2.24) is 0 Å². The minimum Gasteiger partial charge on any atom is -0.481 e. The first-order valence-electron chi connectivity index (χ1n) is 12.6. The van der Waals surface area contributed by atoms with Crippen LogP contribution in [0.4, 0.5) is 4.39 Å². The average molecular weight is 457 g/mol. The number of unbranched alkanes of at least 4 members (excludes halogenated alkanes) is 1. The van der Waals surface area contributed by atoms with Crippen LogP contribution >= 0.6 is 0 Å². The van der Waals surface area contributed by atoms with E-state index in [-0.39, 0.29) is 29.7 Å². The summed E-state index contributed by atoms with van der Waals surface area (Å²) in [4.78, 5) is 10.7. The van der Waals surface area contributed by atoms with Crippen LogP contribution < -0.4 is 0 Å². The van der Waals surface area contributed by atoms with Gasteiger partial charge in [0.25, 0.3) is 0 Å². The number of hydrogen-bond acceptors (Lipinski definition) is 3. The summed E-state index contributed by atoms with van der Waals surface area (Å²) in [6.07, 6.45) is 17.4. The molecule has 0 spiro atoms. The van der Waals surface area contributed by atoms with Crippen molar-refractivity contribution in [2.75, 3.05) is 6.61 Å². The van der Waals surface area contributed by atoms with Crippen LogP contribution in [-0.2, 0) is 14.9 Å². The third-order valence-electron chi connectivity index (χ3n) is 8.12. The Morgan fingerprint density at radius 3 is 2.67 bits per heavy atom. The maximum Gasteiger partial charge on any atom is 0.303 e. The van der Waals surface area contributed by atoms with E-state index in [1.807, 2.05) is 18.2 Å². The Kier molecular flexibility index (Phi) is 8.02. The average Bonchev–Trinajstić information content (AvgIpc) is 3.38. The summed E-state index contributed by atoms with van der Waals surface area (Å²) in [5.41, 5.74) is 0.966. The number of halogens is 1. The van der Waals surface area contributed by atoms with Gasteiger partial charge in [0.15, 0.2) is 0 Å². The van der Waals surface area contributed by atoms with Crippen molar-refractivity contribution in [2.24, 2.45) is 17.8 Å². The number of carboxylic acids is 1. The Labute approximate surface area is 196 Å². The van der Waals surface area contributed by atoms with Crippen molar-refractivity contribution < 1.29 is 24.1 Å². The number of aliphatic hydroxyl groups is 1. The van der Waals surface area contributed by atoms with Gasteiger partial charge in [-0.2, -0.15) is 0 Å². The number of rotatable bonds is 10. The maximum atomic E-state index is 13.6. The van der Waals surface area contributed by atoms with E-state index in [1.54, 1.807) is 0 Å². The Morgan fingerprint density at radius 1 is 1.18 bits per heavy atom. The van der Waals surface area contributed by atoms with E-state index in [2.05, 4.69) is 18.2 Å². The lowest BCUT2D eigenvalue weighted by Gasteiger charge is -2.38. The topological polar surface area (TPSA) is 66.8 Å². The molecule has 5 heteroatoms. The molecule has 4 nitrogen and oxygen atoms in total. The van der Waals surface area contributed by atoms with Crippen molar-refractivity contribution in [1.29, 1.82) is 0 Å². The third kappa shape index (κ3) is 5.58. The highest BCUT2D eigenvalue weighted by atomic mass is 19.1. The highest BCUT2D eigenvalue weighted by Gasteiger charge is 2.58. The SMILES string of the molecule is O=C(O)CCC/C=C\C[C@H]1[C@H](/C=C/[C@H](O)C2CCCCC2)[C@@H]2C[C@@]1(c1ccc(F)cc1)CO2. The molecule has 1 aromatic rings. The lowest BCUT2D eigenvalue weighted by atomic mass is 9.69. The van der Waals surface area contributed by atoms with Crippen LogP contribution in [-0.4, -0.2) is 35.0 Å². The van der Waals surface area contributed by atoms with Crippen molar-refractivity contribution in [3.63, 3.8) is 0 Å². The molecular weight excluding hydrogens is 419 g/mol. The molecule has 0 aromatic heterocycles. The second-order valence-corrected chi connectivity index (χ2v) is 10.2. The number of hydrogen-bond donors (Lipinski definition) is 2. The molecule has 5 atom stereocenters. The van der Waals surface area contributed by atoms with Crippen molar-refractivity contribution in [3.8, 4) is 0 Å². The quantitative estimate of drug-likeness (QED) is 0.345. The van der Waals surface area contributed by atoms with Crippen LogP contribution in [0.2, 0.25) is 0 Å². The summed E-state index contributed by atoms with van der Waals surface area (Å²) in [5.74, 6) is -0.137. The molecule has 1 heterocycles. The summed E-state index contributed by atoms with van der Waals surface area (Å²) < 4.78 is 19.8. The molecule has 2 saturated carbocycles. The summed E-state index contributed by atoms with van der Waals surface area (Å²) >= 11 is 0. The van der Waals surface area contributed by atoms with E-state index in [4.69, 9.17) is 9.84 Å². The van der Waals surface area contributed by atoms with E-state index in [1.165, 1.54) is 31.4 Å². The standard InChI is InChI=1S/C28H37FO4/c29-22-14-12-21(13-15-22)28-18-26(33-19-28)23(16-17-25(30)20-8-4-3-5-9-20)24(28)10-6-1-2-7-11-27(31)32/h1,6,12-17,20,23-26,30H,2-5,7-11,18-19H2,(H,31,32)/b6-1-,17-16+/t23-,24-,25-,26-,28-/m0/s1. The van der Waals surface area contributed by atoms with Crippen molar-refractivity contribution >= 4 is 5.97 Å². The van der Waals surface area contributed by atoms with Crippen LogP contribution in [0.3, 0.4) is 0 Å². The molecule has 1 aliphatic heterocycles. The molecule has 3 aliphatic rings. The normalized spacial score (nSPS) is 31.0. The Hall–Kier alpha value is -1.98. The highest BCUT2D eigenvalue weighted by molar-refractivity contribution is 5.66. The highest BCUT2D eigenvalue weighted by Crippen LogP contribution is 2.57. The molecule has 180 valence electrons. The van der Waals surface area contributed by atoms with Gasteiger partial charge in [0.1, 0.15) is 5.82 Å². The molecule has 0 unspecified atom stereocenters. The first kappa shape index (κ1) is 24.2. The fraction of sp³-hybridized carbons (Fsp3) is 0.607. The van der Waals surface area contributed by atoms with Gasteiger partial charge in [-0.3, -0.25) is 4.79 Å². The van der Waals surface area contributed by atoms with E-state index < -0.39 is 12.1 Å². The number of fused-ring (bicyclic) bond motifs is 2. The number of aliphatic hydroxyl groups excluding tert-OH is 1.